The Hall–Kier alpha value is -1.17. The molecule has 4 nitrogen and oxygen atoms in total. The van der Waals surface area contributed by atoms with Gasteiger partial charge in [0.1, 0.15) is 0 Å². The number of thiazole rings is 1. The maximum atomic E-state index is 5.41. The largest absolute Gasteiger partial charge is 0.462 e. The summed E-state index contributed by atoms with van der Waals surface area (Å²) in [5, 5.41) is 3.10. The Bertz CT molecular complexity index is 548. The van der Waals surface area contributed by atoms with Crippen LogP contribution in [0.15, 0.2) is 28.2 Å². The summed E-state index contributed by atoms with van der Waals surface area (Å²) in [5.74, 6) is 1.70. The van der Waals surface area contributed by atoms with E-state index in [1.807, 2.05) is 12.1 Å². The molecule has 21 heavy (non-hydrogen) atoms. The van der Waals surface area contributed by atoms with Crippen molar-refractivity contribution in [1.29, 1.82) is 0 Å². The molecule has 0 amide bonds. The number of nitrogens with zero attached hydrogens (tertiary/aromatic N) is 2. The number of hydrogen-bond donors (Lipinski definition) is 0. The number of rotatable bonds is 8. The minimum absolute atomic E-state index is 0.605. The first-order valence-corrected chi connectivity index (χ1v) is 8.37. The van der Waals surface area contributed by atoms with Crippen molar-refractivity contribution in [2.24, 2.45) is 5.92 Å². The van der Waals surface area contributed by atoms with Gasteiger partial charge in [-0.3, -0.25) is 4.90 Å². The van der Waals surface area contributed by atoms with Crippen molar-refractivity contribution in [1.82, 2.24) is 9.88 Å². The second kappa shape index (κ2) is 6.73. The van der Waals surface area contributed by atoms with Gasteiger partial charge >= 0.3 is 0 Å². The Kier molecular flexibility index (Phi) is 4.73. The third kappa shape index (κ3) is 3.73. The molecule has 0 spiro atoms. The third-order valence-electron chi connectivity index (χ3n) is 4.11. The molecule has 5 heteroatoms. The molecule has 0 unspecified atom stereocenters. The van der Waals surface area contributed by atoms with E-state index in [0.717, 1.165) is 42.1 Å². The SMILES string of the molecule is COCCN(Cc1csc(-c2ccco2)n1)[C@@H](C)C1CC1. The first kappa shape index (κ1) is 14.8. The van der Waals surface area contributed by atoms with Gasteiger partial charge in [-0.1, -0.05) is 0 Å². The fraction of sp³-hybridized carbons (Fsp3) is 0.562. The number of hydrogen-bond acceptors (Lipinski definition) is 5. The zero-order chi connectivity index (χ0) is 14.7. The summed E-state index contributed by atoms with van der Waals surface area (Å²) >= 11 is 1.65. The molecule has 0 radical (unpaired) electrons. The standard InChI is InChI=1S/C16H22N2O2S/c1-12(13-5-6-13)18(7-9-19-2)10-14-11-21-16(17-14)15-4-3-8-20-15/h3-4,8,11-13H,5-7,9-10H2,1-2H3/t12-/m0/s1. The molecule has 2 heterocycles. The Morgan fingerprint density at radius 3 is 3.05 bits per heavy atom. The zero-order valence-corrected chi connectivity index (χ0v) is 13.4. The Morgan fingerprint density at radius 2 is 2.38 bits per heavy atom. The van der Waals surface area contributed by atoms with E-state index in [9.17, 15) is 0 Å². The van der Waals surface area contributed by atoms with Gasteiger partial charge in [-0.25, -0.2) is 4.98 Å². The van der Waals surface area contributed by atoms with Crippen molar-refractivity contribution >= 4 is 11.3 Å². The molecule has 114 valence electrons. The van der Waals surface area contributed by atoms with Crippen LogP contribution in [0.1, 0.15) is 25.5 Å². The van der Waals surface area contributed by atoms with Crippen LogP contribution >= 0.6 is 11.3 Å². The van der Waals surface area contributed by atoms with E-state index in [1.54, 1.807) is 24.7 Å². The summed E-state index contributed by atoms with van der Waals surface area (Å²) in [6.07, 6.45) is 4.41. The van der Waals surface area contributed by atoms with Crippen molar-refractivity contribution in [3.8, 4) is 10.8 Å². The summed E-state index contributed by atoms with van der Waals surface area (Å²) in [5.41, 5.74) is 1.12. The van der Waals surface area contributed by atoms with Crippen LogP contribution in [0.3, 0.4) is 0 Å². The van der Waals surface area contributed by atoms with Gasteiger partial charge in [0.05, 0.1) is 18.6 Å². The molecule has 1 atom stereocenters. The lowest BCUT2D eigenvalue weighted by Crippen LogP contribution is -2.36. The molecule has 0 aliphatic heterocycles. The van der Waals surface area contributed by atoms with Gasteiger partial charge in [-0.2, -0.15) is 0 Å². The second-order valence-corrected chi connectivity index (χ2v) is 6.52. The van der Waals surface area contributed by atoms with E-state index >= 15 is 0 Å². The second-order valence-electron chi connectivity index (χ2n) is 5.66. The normalized spacial score (nSPS) is 16.5. The predicted molar refractivity (Wildman–Crippen MR) is 84.3 cm³/mol. The van der Waals surface area contributed by atoms with E-state index in [0.29, 0.717) is 6.04 Å². The molecular formula is C16H22N2O2S. The van der Waals surface area contributed by atoms with Gasteiger partial charge in [-0.15, -0.1) is 11.3 Å². The highest BCUT2D eigenvalue weighted by Gasteiger charge is 2.32. The molecule has 3 rings (SSSR count). The molecular weight excluding hydrogens is 284 g/mol. The molecule has 0 N–H and O–H groups in total. The third-order valence-corrected chi connectivity index (χ3v) is 5.02. The number of aromatic nitrogens is 1. The number of methoxy groups -OCH3 is 1. The van der Waals surface area contributed by atoms with Gasteiger partial charge < -0.3 is 9.15 Å². The molecule has 0 saturated heterocycles. The van der Waals surface area contributed by atoms with Crippen LogP contribution in [-0.2, 0) is 11.3 Å². The molecule has 0 bridgehead atoms. The number of furan rings is 1. The van der Waals surface area contributed by atoms with Crippen LogP contribution in [0.4, 0.5) is 0 Å². The summed E-state index contributed by atoms with van der Waals surface area (Å²) < 4.78 is 10.7. The fourth-order valence-electron chi connectivity index (χ4n) is 2.61. The lowest BCUT2D eigenvalue weighted by atomic mass is 10.2. The summed E-state index contributed by atoms with van der Waals surface area (Å²) in [4.78, 5) is 7.19. The van der Waals surface area contributed by atoms with Crippen molar-refractivity contribution in [3.05, 3.63) is 29.5 Å². The molecule has 0 aromatic carbocycles. The van der Waals surface area contributed by atoms with Gasteiger partial charge in [-0.05, 0) is 37.8 Å². The maximum absolute atomic E-state index is 5.41. The molecule has 1 aliphatic carbocycles. The first-order valence-electron chi connectivity index (χ1n) is 7.49. The van der Waals surface area contributed by atoms with Crippen LogP contribution in [0.25, 0.3) is 10.8 Å². The van der Waals surface area contributed by atoms with Gasteiger partial charge in [0.15, 0.2) is 10.8 Å². The lowest BCUT2D eigenvalue weighted by molar-refractivity contribution is 0.111. The lowest BCUT2D eigenvalue weighted by Gasteiger charge is -2.28. The predicted octanol–water partition coefficient (Wildman–Crippen LogP) is 3.65. The number of ether oxygens (including phenoxy) is 1. The first-order chi connectivity index (χ1) is 10.3. The Balaban J connectivity index is 1.67. The van der Waals surface area contributed by atoms with Crippen LogP contribution in [0.5, 0.6) is 0 Å². The molecule has 1 aliphatic rings. The monoisotopic (exact) mass is 306 g/mol. The fourth-order valence-corrected chi connectivity index (χ4v) is 3.39. The molecule has 2 aromatic heterocycles. The quantitative estimate of drug-likeness (QED) is 0.746. The van der Waals surface area contributed by atoms with E-state index in [1.165, 1.54) is 12.8 Å². The smallest absolute Gasteiger partial charge is 0.162 e. The summed E-state index contributed by atoms with van der Waals surface area (Å²) in [7, 11) is 1.76. The van der Waals surface area contributed by atoms with E-state index < -0.39 is 0 Å². The van der Waals surface area contributed by atoms with Gasteiger partial charge in [0, 0.05) is 31.6 Å². The molecule has 1 saturated carbocycles. The summed E-state index contributed by atoms with van der Waals surface area (Å²) in [6, 6.07) is 4.46. The molecule has 2 aromatic rings. The van der Waals surface area contributed by atoms with Crippen LogP contribution in [0, 0.1) is 5.92 Å². The van der Waals surface area contributed by atoms with Crippen LogP contribution in [0.2, 0.25) is 0 Å². The highest BCUT2D eigenvalue weighted by atomic mass is 32.1. The summed E-state index contributed by atoms with van der Waals surface area (Å²) in [6.45, 7) is 4.94. The van der Waals surface area contributed by atoms with E-state index in [4.69, 9.17) is 14.1 Å². The van der Waals surface area contributed by atoms with Crippen molar-refractivity contribution in [3.63, 3.8) is 0 Å². The van der Waals surface area contributed by atoms with Crippen molar-refractivity contribution in [2.75, 3.05) is 20.3 Å². The maximum Gasteiger partial charge on any atom is 0.162 e. The van der Waals surface area contributed by atoms with Crippen molar-refractivity contribution < 1.29 is 9.15 Å². The average molecular weight is 306 g/mol. The van der Waals surface area contributed by atoms with Crippen LogP contribution < -0.4 is 0 Å². The highest BCUT2D eigenvalue weighted by Crippen LogP contribution is 2.35. The average Bonchev–Trinajstić information content (AvgIpc) is 3.01. The van der Waals surface area contributed by atoms with E-state index in [-0.39, 0.29) is 0 Å². The zero-order valence-electron chi connectivity index (χ0n) is 12.6. The molecule has 1 fully saturated rings. The minimum atomic E-state index is 0.605. The highest BCUT2D eigenvalue weighted by molar-refractivity contribution is 7.13. The minimum Gasteiger partial charge on any atom is -0.462 e. The van der Waals surface area contributed by atoms with Crippen molar-refractivity contribution in [2.45, 2.75) is 32.4 Å². The van der Waals surface area contributed by atoms with Gasteiger partial charge in [0.25, 0.3) is 0 Å². The van der Waals surface area contributed by atoms with Gasteiger partial charge in [0.2, 0.25) is 0 Å². The topological polar surface area (TPSA) is 38.5 Å². The van der Waals surface area contributed by atoms with E-state index in [2.05, 4.69) is 17.2 Å². The Labute approximate surface area is 129 Å². The van der Waals surface area contributed by atoms with Crippen LogP contribution in [-0.4, -0.2) is 36.2 Å². The Morgan fingerprint density at radius 1 is 1.52 bits per heavy atom.